The van der Waals surface area contributed by atoms with E-state index in [0.29, 0.717) is 17.0 Å². The molecule has 84 valence electrons. The van der Waals surface area contributed by atoms with E-state index in [2.05, 4.69) is 5.16 Å². The van der Waals surface area contributed by atoms with Gasteiger partial charge in [0.05, 0.1) is 0 Å². The molecule has 0 saturated carbocycles. The first-order valence-corrected chi connectivity index (χ1v) is 4.65. The van der Waals surface area contributed by atoms with Crippen LogP contribution in [0.25, 0.3) is 11.3 Å². The molecule has 3 nitrogen and oxygen atoms in total. The van der Waals surface area contributed by atoms with Gasteiger partial charge in [-0.15, -0.1) is 0 Å². The Bertz CT molecular complexity index is 465. The summed E-state index contributed by atoms with van der Waals surface area (Å²) in [5.41, 5.74) is 1.16. The van der Waals surface area contributed by atoms with Crippen LogP contribution in [-0.2, 0) is 6.61 Å². The predicted octanol–water partition coefficient (Wildman–Crippen LogP) is 2.77. The van der Waals surface area contributed by atoms with E-state index in [1.807, 2.05) is 0 Å². The number of hydrogen-bond donors (Lipinski definition) is 1. The Morgan fingerprint density at radius 2 is 1.94 bits per heavy atom. The lowest BCUT2D eigenvalue weighted by molar-refractivity contribution is 0.151. The van der Waals surface area contributed by atoms with Crippen LogP contribution in [-0.4, -0.2) is 10.3 Å². The van der Waals surface area contributed by atoms with Gasteiger partial charge in [0.25, 0.3) is 6.43 Å². The number of halogens is 2. The minimum absolute atomic E-state index is 0.0328. The zero-order valence-electron chi connectivity index (χ0n) is 8.23. The van der Waals surface area contributed by atoms with Gasteiger partial charge in [0.15, 0.2) is 5.76 Å². The first-order chi connectivity index (χ1) is 7.70. The highest BCUT2D eigenvalue weighted by Crippen LogP contribution is 2.23. The largest absolute Gasteiger partial charge is 0.388 e. The van der Waals surface area contributed by atoms with Gasteiger partial charge in [-0.2, -0.15) is 0 Å². The molecule has 0 saturated heterocycles. The molecular weight excluding hydrogens is 216 g/mol. The molecule has 0 atom stereocenters. The van der Waals surface area contributed by atoms with Gasteiger partial charge in [-0.3, -0.25) is 0 Å². The van der Waals surface area contributed by atoms with Crippen molar-refractivity contribution in [1.82, 2.24) is 5.16 Å². The molecule has 0 aliphatic heterocycles. The van der Waals surface area contributed by atoms with E-state index in [9.17, 15) is 8.78 Å². The molecule has 1 N–H and O–H groups in total. The summed E-state index contributed by atoms with van der Waals surface area (Å²) in [4.78, 5) is 0. The Morgan fingerprint density at radius 3 is 2.44 bits per heavy atom. The normalized spacial score (nSPS) is 11.0. The van der Waals surface area contributed by atoms with E-state index >= 15 is 0 Å². The standard InChI is InChI=1S/C11H9F2NO2/c12-11(13)8-3-1-7(2-4-8)10-5-9(6-15)16-14-10/h1-5,11,15H,6H2. The highest BCUT2D eigenvalue weighted by molar-refractivity contribution is 5.59. The van der Waals surface area contributed by atoms with Crippen molar-refractivity contribution in [2.24, 2.45) is 0 Å². The maximum absolute atomic E-state index is 12.3. The fourth-order valence-electron chi connectivity index (χ4n) is 1.32. The second-order valence-electron chi connectivity index (χ2n) is 3.26. The van der Waals surface area contributed by atoms with Crippen LogP contribution in [0.5, 0.6) is 0 Å². The summed E-state index contributed by atoms with van der Waals surface area (Å²) in [5.74, 6) is 0.341. The monoisotopic (exact) mass is 225 g/mol. The topological polar surface area (TPSA) is 46.3 Å². The fraction of sp³-hybridized carbons (Fsp3) is 0.182. The predicted molar refractivity (Wildman–Crippen MR) is 52.8 cm³/mol. The molecule has 0 spiro atoms. The van der Waals surface area contributed by atoms with Crippen LogP contribution >= 0.6 is 0 Å². The van der Waals surface area contributed by atoms with Crippen molar-refractivity contribution in [2.45, 2.75) is 13.0 Å². The molecule has 0 fully saturated rings. The molecule has 0 amide bonds. The molecule has 2 aromatic rings. The van der Waals surface area contributed by atoms with Gasteiger partial charge in [-0.1, -0.05) is 29.4 Å². The second-order valence-corrected chi connectivity index (χ2v) is 3.26. The third kappa shape index (κ3) is 2.09. The lowest BCUT2D eigenvalue weighted by atomic mass is 10.1. The van der Waals surface area contributed by atoms with Crippen molar-refractivity contribution >= 4 is 0 Å². The molecule has 0 aliphatic carbocycles. The van der Waals surface area contributed by atoms with Crippen LogP contribution in [0.3, 0.4) is 0 Å². The number of aromatic nitrogens is 1. The molecule has 1 aromatic carbocycles. The molecule has 5 heteroatoms. The quantitative estimate of drug-likeness (QED) is 0.873. The summed E-state index contributed by atoms with van der Waals surface area (Å²) in [6.07, 6.45) is -2.47. The number of rotatable bonds is 3. The van der Waals surface area contributed by atoms with Crippen molar-refractivity contribution in [3.63, 3.8) is 0 Å². The molecule has 2 rings (SSSR count). The smallest absolute Gasteiger partial charge is 0.263 e. The summed E-state index contributed by atoms with van der Waals surface area (Å²) in [6.45, 7) is -0.234. The zero-order chi connectivity index (χ0) is 11.5. The van der Waals surface area contributed by atoms with Gasteiger partial charge in [0, 0.05) is 17.2 Å². The molecule has 0 bridgehead atoms. The number of alkyl halides is 2. The van der Waals surface area contributed by atoms with Gasteiger partial charge in [0.1, 0.15) is 12.3 Å². The lowest BCUT2D eigenvalue weighted by Crippen LogP contribution is -1.84. The van der Waals surface area contributed by atoms with Gasteiger partial charge < -0.3 is 9.63 Å². The Balaban J connectivity index is 2.27. The molecular formula is C11H9F2NO2. The van der Waals surface area contributed by atoms with E-state index in [1.165, 1.54) is 12.1 Å². The van der Waals surface area contributed by atoms with Crippen molar-refractivity contribution < 1.29 is 18.4 Å². The summed E-state index contributed by atoms with van der Waals surface area (Å²) in [7, 11) is 0. The lowest BCUT2D eigenvalue weighted by Gasteiger charge is -1.99. The SMILES string of the molecule is OCc1cc(-c2ccc(C(F)F)cc2)no1. The highest BCUT2D eigenvalue weighted by Gasteiger charge is 2.09. The van der Waals surface area contributed by atoms with Crippen LogP contribution in [0.15, 0.2) is 34.9 Å². The Hall–Kier alpha value is -1.75. The van der Waals surface area contributed by atoms with E-state index in [-0.39, 0.29) is 12.2 Å². The van der Waals surface area contributed by atoms with Gasteiger partial charge in [0.2, 0.25) is 0 Å². The fourth-order valence-corrected chi connectivity index (χ4v) is 1.32. The van der Waals surface area contributed by atoms with Gasteiger partial charge in [-0.25, -0.2) is 8.78 Å². The molecule has 0 radical (unpaired) electrons. The third-order valence-corrected chi connectivity index (χ3v) is 2.17. The summed E-state index contributed by atoms with van der Waals surface area (Å²) in [6, 6.07) is 7.33. The minimum atomic E-state index is -2.47. The third-order valence-electron chi connectivity index (χ3n) is 2.17. The summed E-state index contributed by atoms with van der Waals surface area (Å²) < 4.78 is 29.4. The van der Waals surface area contributed by atoms with Crippen molar-refractivity contribution in [1.29, 1.82) is 0 Å². The number of nitrogens with zero attached hydrogens (tertiary/aromatic N) is 1. The molecule has 0 aliphatic rings. The molecule has 1 heterocycles. The van der Waals surface area contributed by atoms with Crippen molar-refractivity contribution in [3.8, 4) is 11.3 Å². The number of aliphatic hydroxyl groups excluding tert-OH is 1. The van der Waals surface area contributed by atoms with Crippen LogP contribution < -0.4 is 0 Å². The van der Waals surface area contributed by atoms with Crippen LogP contribution in [0, 0.1) is 0 Å². The molecule has 16 heavy (non-hydrogen) atoms. The molecule has 0 unspecified atom stereocenters. The highest BCUT2D eigenvalue weighted by atomic mass is 19.3. The number of hydrogen-bond acceptors (Lipinski definition) is 3. The Morgan fingerprint density at radius 1 is 1.25 bits per heavy atom. The minimum Gasteiger partial charge on any atom is -0.388 e. The average Bonchev–Trinajstić information content (AvgIpc) is 2.77. The first-order valence-electron chi connectivity index (χ1n) is 4.65. The van der Waals surface area contributed by atoms with E-state index in [1.54, 1.807) is 18.2 Å². The maximum Gasteiger partial charge on any atom is 0.263 e. The van der Waals surface area contributed by atoms with E-state index in [4.69, 9.17) is 9.63 Å². The number of aliphatic hydroxyl groups is 1. The Kier molecular flexibility index (Phi) is 2.96. The van der Waals surface area contributed by atoms with Crippen LogP contribution in [0.4, 0.5) is 8.78 Å². The Labute approximate surface area is 90.3 Å². The van der Waals surface area contributed by atoms with Gasteiger partial charge >= 0.3 is 0 Å². The first kappa shape index (κ1) is 10.8. The van der Waals surface area contributed by atoms with Crippen LogP contribution in [0.1, 0.15) is 17.7 Å². The number of benzene rings is 1. The zero-order valence-corrected chi connectivity index (χ0v) is 8.23. The maximum atomic E-state index is 12.3. The van der Waals surface area contributed by atoms with E-state index < -0.39 is 6.43 Å². The summed E-state index contributed by atoms with van der Waals surface area (Å²) in [5, 5.41) is 12.5. The van der Waals surface area contributed by atoms with Crippen molar-refractivity contribution in [3.05, 3.63) is 41.7 Å². The van der Waals surface area contributed by atoms with Crippen LogP contribution in [0.2, 0.25) is 0 Å². The van der Waals surface area contributed by atoms with Crippen molar-refractivity contribution in [2.75, 3.05) is 0 Å². The average molecular weight is 225 g/mol. The van der Waals surface area contributed by atoms with Gasteiger partial charge in [-0.05, 0) is 0 Å². The van der Waals surface area contributed by atoms with E-state index in [0.717, 1.165) is 0 Å². The molecule has 1 aromatic heterocycles. The second kappa shape index (κ2) is 4.40. The summed E-state index contributed by atoms with van der Waals surface area (Å²) >= 11 is 0.